The summed E-state index contributed by atoms with van der Waals surface area (Å²) in [6.07, 6.45) is 0. The molecule has 1 aromatic heterocycles. The van der Waals surface area contributed by atoms with Gasteiger partial charge in [0.15, 0.2) is 4.34 Å². The van der Waals surface area contributed by atoms with Gasteiger partial charge in [-0.1, -0.05) is 76.7 Å². The molecule has 0 radical (unpaired) electrons. The number of benzene rings is 3. The van der Waals surface area contributed by atoms with E-state index >= 15 is 0 Å². The highest BCUT2D eigenvalue weighted by Crippen LogP contribution is 2.44. The van der Waals surface area contributed by atoms with Crippen molar-refractivity contribution in [1.29, 1.82) is 0 Å². The fourth-order valence-corrected chi connectivity index (χ4v) is 6.21. The Hall–Kier alpha value is -3.66. The number of carbonyl (C=O) groups is 2. The second-order valence-corrected chi connectivity index (χ2v) is 11.5. The number of nitrogens with zero attached hydrogens (tertiary/aromatic N) is 3. The van der Waals surface area contributed by atoms with Crippen LogP contribution < -0.4 is 4.90 Å². The summed E-state index contributed by atoms with van der Waals surface area (Å²) >= 11 is 8.59. The number of hydrogen-bond acceptors (Lipinski definition) is 8. The zero-order valence-corrected chi connectivity index (χ0v) is 22.8. The van der Waals surface area contributed by atoms with Crippen molar-refractivity contribution >= 4 is 57.3 Å². The number of aromatic nitrogens is 2. The topological polar surface area (TPSA) is 104 Å². The van der Waals surface area contributed by atoms with Gasteiger partial charge in [-0.25, -0.2) is 0 Å². The molecule has 3 aromatic carbocycles. The van der Waals surface area contributed by atoms with Gasteiger partial charge < -0.3 is 10.2 Å². The fraction of sp³-hybridized carbons (Fsp3) is 0.143. The Balaban J connectivity index is 1.56. The van der Waals surface area contributed by atoms with E-state index in [0.717, 1.165) is 16.7 Å². The van der Waals surface area contributed by atoms with Gasteiger partial charge in [0.25, 0.3) is 5.78 Å². The largest absolute Gasteiger partial charge is 0.508 e. The molecule has 5 rings (SSSR count). The molecule has 0 bridgehead atoms. The number of anilines is 1. The van der Waals surface area contributed by atoms with Crippen molar-refractivity contribution in [2.24, 2.45) is 0 Å². The first-order chi connectivity index (χ1) is 18.2. The Labute approximate surface area is 232 Å². The minimum Gasteiger partial charge on any atom is -0.508 e. The molecule has 1 aliphatic rings. The van der Waals surface area contributed by atoms with Gasteiger partial charge in [-0.05, 0) is 60.9 Å². The number of rotatable bonds is 6. The zero-order valence-electron chi connectivity index (χ0n) is 20.4. The van der Waals surface area contributed by atoms with Crippen LogP contribution in [0, 0.1) is 13.8 Å². The number of phenols is 1. The number of aryl methyl sites for hydroxylation is 2. The van der Waals surface area contributed by atoms with Crippen LogP contribution in [0.3, 0.4) is 0 Å². The van der Waals surface area contributed by atoms with E-state index in [1.807, 2.05) is 50.2 Å². The summed E-state index contributed by atoms with van der Waals surface area (Å²) < 4.78 is 0.612. The molecule has 0 spiro atoms. The Morgan fingerprint density at radius 3 is 2.55 bits per heavy atom. The first-order valence-electron chi connectivity index (χ1n) is 11.6. The lowest BCUT2D eigenvalue weighted by Crippen LogP contribution is -2.29. The first-order valence-corrected chi connectivity index (χ1v) is 13.8. The molecule has 0 saturated carbocycles. The number of thioether (sulfide) groups is 1. The van der Waals surface area contributed by atoms with Crippen molar-refractivity contribution in [2.75, 3.05) is 4.90 Å². The first kappa shape index (κ1) is 26.0. The maximum atomic E-state index is 13.4. The molecule has 7 nitrogen and oxygen atoms in total. The molecule has 10 heteroatoms. The number of aromatic hydroxyl groups is 1. The van der Waals surface area contributed by atoms with E-state index in [4.69, 9.17) is 11.6 Å². The quantitative estimate of drug-likeness (QED) is 0.0915. The van der Waals surface area contributed by atoms with Gasteiger partial charge in [-0.3, -0.25) is 14.5 Å². The Bertz CT molecular complexity index is 1580. The summed E-state index contributed by atoms with van der Waals surface area (Å²) in [7, 11) is 0. The number of halogens is 1. The number of Topliss-reactive ketones (excluding diaryl/α,β-unsaturated/α-hetero) is 1. The second kappa shape index (κ2) is 10.6. The average molecular weight is 564 g/mol. The molecule has 1 unspecified atom stereocenters. The summed E-state index contributed by atoms with van der Waals surface area (Å²) in [6.45, 7) is 3.70. The summed E-state index contributed by atoms with van der Waals surface area (Å²) in [6, 6.07) is 18.3. The van der Waals surface area contributed by atoms with E-state index in [0.29, 0.717) is 26.2 Å². The van der Waals surface area contributed by atoms with Crippen molar-refractivity contribution in [2.45, 2.75) is 30.0 Å². The van der Waals surface area contributed by atoms with Crippen molar-refractivity contribution in [1.82, 2.24) is 10.2 Å². The lowest BCUT2D eigenvalue weighted by molar-refractivity contribution is -0.132. The maximum Gasteiger partial charge on any atom is 0.301 e. The Kier molecular flexibility index (Phi) is 7.25. The summed E-state index contributed by atoms with van der Waals surface area (Å²) in [5.41, 5.74) is 3.55. The molecule has 2 N–H and O–H groups in total. The number of aliphatic hydroxyl groups is 1. The smallest absolute Gasteiger partial charge is 0.301 e. The SMILES string of the molecule is Cc1ccc(C)c(/C(O)=C2\C(=O)C(=O)N(c3nnc(SCc4ccc(Cl)cc4)s3)C2c2cccc(O)c2)c1. The van der Waals surface area contributed by atoms with E-state index in [1.165, 1.54) is 40.1 Å². The number of phenolic OH excluding ortho intramolecular Hbond substituents is 1. The molecule has 192 valence electrons. The van der Waals surface area contributed by atoms with Crippen LogP contribution in [0.1, 0.15) is 33.9 Å². The molecular formula is C28H22ClN3O4S2. The molecule has 1 amide bonds. The molecule has 1 atom stereocenters. The van der Waals surface area contributed by atoms with Crippen LogP contribution in [0.2, 0.25) is 5.02 Å². The van der Waals surface area contributed by atoms with Gasteiger partial charge in [-0.2, -0.15) is 0 Å². The van der Waals surface area contributed by atoms with Crippen LogP contribution in [-0.4, -0.2) is 32.1 Å². The summed E-state index contributed by atoms with van der Waals surface area (Å²) in [5.74, 6) is -1.34. The molecule has 38 heavy (non-hydrogen) atoms. The van der Waals surface area contributed by atoms with Crippen LogP contribution in [0.5, 0.6) is 5.75 Å². The van der Waals surface area contributed by atoms with E-state index in [9.17, 15) is 19.8 Å². The minimum absolute atomic E-state index is 0.0312. The Morgan fingerprint density at radius 2 is 1.82 bits per heavy atom. The monoisotopic (exact) mass is 563 g/mol. The van der Waals surface area contributed by atoms with E-state index < -0.39 is 17.7 Å². The van der Waals surface area contributed by atoms with E-state index in [-0.39, 0.29) is 22.2 Å². The third-order valence-electron chi connectivity index (χ3n) is 6.16. The van der Waals surface area contributed by atoms with Crippen LogP contribution >= 0.6 is 34.7 Å². The maximum absolute atomic E-state index is 13.4. The predicted octanol–water partition coefficient (Wildman–Crippen LogP) is 6.43. The molecule has 0 aliphatic carbocycles. The number of ketones is 1. The normalized spacial score (nSPS) is 16.8. The number of amides is 1. The zero-order chi connectivity index (χ0) is 27.0. The average Bonchev–Trinajstić information content (AvgIpc) is 3.47. The highest BCUT2D eigenvalue weighted by atomic mass is 35.5. The summed E-state index contributed by atoms with van der Waals surface area (Å²) in [5, 5.41) is 30.9. The van der Waals surface area contributed by atoms with Crippen LogP contribution in [0.25, 0.3) is 5.76 Å². The molecule has 1 aliphatic heterocycles. The lowest BCUT2D eigenvalue weighted by Gasteiger charge is -2.23. The molecule has 2 heterocycles. The van der Waals surface area contributed by atoms with Crippen LogP contribution in [0.15, 0.2) is 76.6 Å². The van der Waals surface area contributed by atoms with Crippen molar-refractivity contribution in [3.8, 4) is 5.75 Å². The van der Waals surface area contributed by atoms with Crippen molar-refractivity contribution < 1.29 is 19.8 Å². The molecule has 4 aromatic rings. The lowest BCUT2D eigenvalue weighted by atomic mass is 9.93. The number of aliphatic hydroxyl groups excluding tert-OH is 1. The number of carbonyl (C=O) groups excluding carboxylic acids is 2. The van der Waals surface area contributed by atoms with Gasteiger partial charge in [0.1, 0.15) is 11.5 Å². The van der Waals surface area contributed by atoms with Gasteiger partial charge in [0.2, 0.25) is 5.13 Å². The Morgan fingerprint density at radius 1 is 1.05 bits per heavy atom. The number of hydrogen-bond donors (Lipinski definition) is 2. The third-order valence-corrected chi connectivity index (χ3v) is 8.54. The van der Waals surface area contributed by atoms with E-state index in [1.54, 1.807) is 18.2 Å². The third kappa shape index (κ3) is 5.05. The van der Waals surface area contributed by atoms with E-state index in [2.05, 4.69) is 10.2 Å². The minimum atomic E-state index is -0.996. The fourth-order valence-electron chi connectivity index (χ4n) is 4.26. The van der Waals surface area contributed by atoms with Crippen LogP contribution in [0.4, 0.5) is 5.13 Å². The van der Waals surface area contributed by atoms with Crippen molar-refractivity contribution in [3.63, 3.8) is 0 Å². The highest BCUT2D eigenvalue weighted by molar-refractivity contribution is 8.00. The predicted molar refractivity (Wildman–Crippen MR) is 150 cm³/mol. The molecular weight excluding hydrogens is 542 g/mol. The standard InChI is InChI=1S/C28H22ClN3O4S2/c1-15-6-7-16(2)21(12-15)24(34)22-23(18-4-3-5-20(33)13-18)32(26(36)25(22)35)27-30-31-28(38-27)37-14-17-8-10-19(29)11-9-17/h3-13,23,33-34H,14H2,1-2H3/b24-22+. The summed E-state index contributed by atoms with van der Waals surface area (Å²) in [4.78, 5) is 28.0. The second-order valence-electron chi connectivity index (χ2n) is 8.85. The van der Waals surface area contributed by atoms with Gasteiger partial charge in [0, 0.05) is 16.3 Å². The molecule has 1 fully saturated rings. The van der Waals surface area contributed by atoms with Crippen LogP contribution in [-0.2, 0) is 15.3 Å². The molecule has 1 saturated heterocycles. The highest BCUT2D eigenvalue weighted by Gasteiger charge is 2.48. The van der Waals surface area contributed by atoms with Gasteiger partial charge in [-0.15, -0.1) is 10.2 Å². The van der Waals surface area contributed by atoms with Gasteiger partial charge >= 0.3 is 5.91 Å². The van der Waals surface area contributed by atoms with Crippen molar-refractivity contribution in [3.05, 3.63) is 105 Å². The van der Waals surface area contributed by atoms with Gasteiger partial charge in [0.05, 0.1) is 11.6 Å².